The second kappa shape index (κ2) is 3.87. The Morgan fingerprint density at radius 1 is 1.50 bits per heavy atom. The molecule has 0 amide bonds. The predicted molar refractivity (Wildman–Crippen MR) is 47.5 cm³/mol. The molecule has 1 rings (SSSR count). The minimum atomic E-state index is 0.612. The summed E-state index contributed by atoms with van der Waals surface area (Å²) in [6.07, 6.45) is 4.40. The molecule has 0 saturated carbocycles. The number of aromatic nitrogens is 1. The molecule has 2 nitrogen and oxygen atoms in total. The van der Waals surface area contributed by atoms with E-state index in [-0.39, 0.29) is 0 Å². The van der Waals surface area contributed by atoms with E-state index in [2.05, 4.69) is 24.9 Å². The maximum absolute atomic E-state index is 8.61. The van der Waals surface area contributed by atoms with Crippen molar-refractivity contribution in [3.63, 3.8) is 0 Å². The molecule has 12 heavy (non-hydrogen) atoms. The van der Waals surface area contributed by atoms with Crippen LogP contribution in [0.25, 0.3) is 0 Å². The Balaban J connectivity index is 2.81. The highest BCUT2D eigenvalue weighted by atomic mass is 14.6. The van der Waals surface area contributed by atoms with Crippen LogP contribution < -0.4 is 0 Å². The minimum Gasteiger partial charge on any atom is -0.263 e. The quantitative estimate of drug-likeness (QED) is 0.664. The highest BCUT2D eigenvalue weighted by molar-refractivity contribution is 5.28. The van der Waals surface area contributed by atoms with Crippen LogP contribution in [0.4, 0.5) is 0 Å². The fourth-order valence-electron chi connectivity index (χ4n) is 1.13. The normalized spacial score (nSPS) is 9.83. The molecule has 62 valence electrons. The molecule has 0 unspecified atom stereocenters. The Hall–Kier alpha value is -1.36. The maximum Gasteiger partial charge on any atom is 0.101 e. The molecule has 0 aromatic carbocycles. The van der Waals surface area contributed by atoms with Crippen molar-refractivity contribution in [2.75, 3.05) is 0 Å². The highest BCUT2D eigenvalue weighted by Gasteiger charge is 1.98. The van der Waals surface area contributed by atoms with Gasteiger partial charge in [0.1, 0.15) is 6.07 Å². The van der Waals surface area contributed by atoms with E-state index < -0.39 is 0 Å². The molecule has 0 spiro atoms. The van der Waals surface area contributed by atoms with Crippen LogP contribution in [0.3, 0.4) is 0 Å². The summed E-state index contributed by atoms with van der Waals surface area (Å²) in [6.45, 7) is 4.30. The van der Waals surface area contributed by atoms with Crippen molar-refractivity contribution < 1.29 is 0 Å². The van der Waals surface area contributed by atoms with Crippen LogP contribution in [0.5, 0.6) is 0 Å². The van der Waals surface area contributed by atoms with Gasteiger partial charge in [0.2, 0.25) is 0 Å². The number of hydrogen-bond donors (Lipinski definition) is 0. The number of nitrogens with zero attached hydrogens (tertiary/aromatic N) is 2. The minimum absolute atomic E-state index is 0.612. The zero-order valence-electron chi connectivity index (χ0n) is 7.41. The third-order valence-electron chi connectivity index (χ3n) is 1.57. The maximum atomic E-state index is 8.61. The van der Waals surface area contributed by atoms with E-state index in [9.17, 15) is 0 Å². The van der Waals surface area contributed by atoms with Gasteiger partial charge >= 0.3 is 0 Å². The lowest BCUT2D eigenvalue weighted by Crippen LogP contribution is -1.95. The summed E-state index contributed by atoms with van der Waals surface area (Å²) < 4.78 is 0. The lowest BCUT2D eigenvalue weighted by molar-refractivity contribution is 0.645. The fourth-order valence-corrected chi connectivity index (χ4v) is 1.13. The van der Waals surface area contributed by atoms with Gasteiger partial charge in [0.25, 0.3) is 0 Å². The van der Waals surface area contributed by atoms with Crippen molar-refractivity contribution in [1.29, 1.82) is 5.26 Å². The average Bonchev–Trinajstić information content (AvgIpc) is 2.03. The van der Waals surface area contributed by atoms with Crippen molar-refractivity contribution >= 4 is 0 Å². The Labute approximate surface area is 72.9 Å². The molecule has 1 heterocycles. The molecule has 0 saturated heterocycles. The van der Waals surface area contributed by atoms with Crippen LogP contribution in [0.2, 0.25) is 0 Å². The van der Waals surface area contributed by atoms with Gasteiger partial charge in [-0.05, 0) is 24.0 Å². The highest BCUT2D eigenvalue weighted by Crippen LogP contribution is 2.07. The van der Waals surface area contributed by atoms with Gasteiger partial charge in [0.05, 0.1) is 5.56 Å². The van der Waals surface area contributed by atoms with E-state index in [0.717, 1.165) is 12.0 Å². The SMILES string of the molecule is CC(C)Cc1cncc(C#N)c1. The summed E-state index contributed by atoms with van der Waals surface area (Å²) >= 11 is 0. The Morgan fingerprint density at radius 3 is 2.83 bits per heavy atom. The van der Waals surface area contributed by atoms with E-state index in [4.69, 9.17) is 5.26 Å². The molecule has 0 N–H and O–H groups in total. The summed E-state index contributed by atoms with van der Waals surface area (Å²) in [4.78, 5) is 3.99. The third kappa shape index (κ3) is 2.35. The molecule has 2 heteroatoms. The molecular formula is C10H12N2. The molecule has 0 atom stereocenters. The summed E-state index contributed by atoms with van der Waals surface area (Å²) in [7, 11) is 0. The van der Waals surface area contributed by atoms with Gasteiger partial charge in [0, 0.05) is 12.4 Å². The van der Waals surface area contributed by atoms with Gasteiger partial charge in [-0.2, -0.15) is 5.26 Å². The van der Waals surface area contributed by atoms with E-state index in [1.54, 1.807) is 6.20 Å². The lowest BCUT2D eigenvalue weighted by Gasteiger charge is -2.03. The van der Waals surface area contributed by atoms with Crippen molar-refractivity contribution in [3.8, 4) is 6.07 Å². The van der Waals surface area contributed by atoms with Gasteiger partial charge < -0.3 is 0 Å². The smallest absolute Gasteiger partial charge is 0.101 e. The number of hydrogen-bond acceptors (Lipinski definition) is 2. The molecule has 0 radical (unpaired) electrons. The first-order chi connectivity index (χ1) is 5.72. The zero-order valence-corrected chi connectivity index (χ0v) is 7.41. The van der Waals surface area contributed by atoms with E-state index in [1.165, 1.54) is 0 Å². The Kier molecular flexibility index (Phi) is 2.82. The lowest BCUT2D eigenvalue weighted by atomic mass is 10.0. The number of nitriles is 1. The first-order valence-electron chi connectivity index (χ1n) is 4.06. The average molecular weight is 160 g/mol. The van der Waals surface area contributed by atoms with Gasteiger partial charge in [-0.15, -0.1) is 0 Å². The number of rotatable bonds is 2. The third-order valence-corrected chi connectivity index (χ3v) is 1.57. The summed E-state index contributed by atoms with van der Waals surface area (Å²) in [6, 6.07) is 3.97. The van der Waals surface area contributed by atoms with Crippen LogP contribution in [-0.2, 0) is 6.42 Å². The molecule has 0 fully saturated rings. The van der Waals surface area contributed by atoms with Crippen molar-refractivity contribution in [3.05, 3.63) is 29.6 Å². The van der Waals surface area contributed by atoms with Crippen LogP contribution in [0.1, 0.15) is 25.0 Å². The summed E-state index contributed by atoms with van der Waals surface area (Å²) in [5.74, 6) is 0.612. The second-order valence-corrected chi connectivity index (χ2v) is 3.29. The molecular weight excluding hydrogens is 148 g/mol. The van der Waals surface area contributed by atoms with E-state index >= 15 is 0 Å². The van der Waals surface area contributed by atoms with Gasteiger partial charge in [-0.1, -0.05) is 13.8 Å². The van der Waals surface area contributed by atoms with Crippen LogP contribution in [-0.4, -0.2) is 4.98 Å². The monoisotopic (exact) mass is 160 g/mol. The van der Waals surface area contributed by atoms with Gasteiger partial charge in [-0.25, -0.2) is 0 Å². The zero-order chi connectivity index (χ0) is 8.97. The van der Waals surface area contributed by atoms with Crippen molar-refractivity contribution in [2.45, 2.75) is 20.3 Å². The van der Waals surface area contributed by atoms with Crippen LogP contribution >= 0.6 is 0 Å². The fraction of sp³-hybridized carbons (Fsp3) is 0.400. The van der Waals surface area contributed by atoms with Crippen LogP contribution in [0, 0.1) is 17.2 Å². The first kappa shape index (κ1) is 8.73. The molecule has 0 aliphatic carbocycles. The molecule has 0 aliphatic heterocycles. The summed E-state index contributed by atoms with van der Waals surface area (Å²) in [5, 5.41) is 8.61. The predicted octanol–water partition coefficient (Wildman–Crippen LogP) is 2.15. The topological polar surface area (TPSA) is 36.7 Å². The van der Waals surface area contributed by atoms with Crippen molar-refractivity contribution in [1.82, 2.24) is 4.98 Å². The largest absolute Gasteiger partial charge is 0.263 e. The number of pyridine rings is 1. The Morgan fingerprint density at radius 2 is 2.25 bits per heavy atom. The molecule has 0 aliphatic rings. The molecule has 1 aromatic heterocycles. The molecule has 1 aromatic rings. The van der Waals surface area contributed by atoms with E-state index in [0.29, 0.717) is 11.5 Å². The van der Waals surface area contributed by atoms with Gasteiger partial charge in [-0.3, -0.25) is 4.98 Å². The standard InChI is InChI=1S/C10H12N2/c1-8(2)3-9-4-10(5-11)7-12-6-9/h4,6-8H,3H2,1-2H3. The summed E-state index contributed by atoms with van der Waals surface area (Å²) in [5.41, 5.74) is 1.79. The van der Waals surface area contributed by atoms with E-state index in [1.807, 2.05) is 12.3 Å². The Bertz CT molecular complexity index is 297. The van der Waals surface area contributed by atoms with Crippen molar-refractivity contribution in [2.24, 2.45) is 5.92 Å². The first-order valence-corrected chi connectivity index (χ1v) is 4.06. The second-order valence-electron chi connectivity index (χ2n) is 3.29. The van der Waals surface area contributed by atoms with Gasteiger partial charge in [0.15, 0.2) is 0 Å². The van der Waals surface area contributed by atoms with Crippen LogP contribution in [0.15, 0.2) is 18.5 Å². The molecule has 0 bridgehead atoms.